The Labute approximate surface area is 115 Å². The Hall–Kier alpha value is -1.13. The smallest absolute Gasteiger partial charge is 0.0952 e. The minimum Gasteiger partial charge on any atom is -0.334 e. The van der Waals surface area contributed by atoms with Crippen molar-refractivity contribution >= 4 is 15.9 Å². The first kappa shape index (κ1) is 11.9. The number of rotatable bonds is 2. The van der Waals surface area contributed by atoms with E-state index >= 15 is 0 Å². The van der Waals surface area contributed by atoms with Crippen LogP contribution in [0.2, 0.25) is 0 Å². The van der Waals surface area contributed by atoms with Crippen LogP contribution in [0, 0.1) is 0 Å². The highest BCUT2D eigenvalue weighted by molar-refractivity contribution is 9.10. The summed E-state index contributed by atoms with van der Waals surface area (Å²) in [7, 11) is 0. The van der Waals surface area contributed by atoms with Gasteiger partial charge in [0.15, 0.2) is 0 Å². The van der Waals surface area contributed by atoms with E-state index in [2.05, 4.69) is 62.0 Å². The van der Waals surface area contributed by atoms with Crippen molar-refractivity contribution in [2.45, 2.75) is 25.9 Å². The Balaban J connectivity index is 2.03. The van der Waals surface area contributed by atoms with Gasteiger partial charge >= 0.3 is 0 Å². The van der Waals surface area contributed by atoms with Crippen molar-refractivity contribution in [3.05, 3.63) is 52.0 Å². The zero-order valence-corrected chi connectivity index (χ0v) is 11.9. The van der Waals surface area contributed by atoms with Gasteiger partial charge in [0.25, 0.3) is 0 Å². The molecule has 0 amide bonds. The highest BCUT2D eigenvalue weighted by Crippen LogP contribution is 2.28. The Bertz CT molecular complexity index is 562. The minimum atomic E-state index is 0.221. The topological polar surface area (TPSA) is 29.9 Å². The average Bonchev–Trinajstić information content (AvgIpc) is 2.81. The summed E-state index contributed by atoms with van der Waals surface area (Å²) >= 11 is 3.53. The SMILES string of the molecule is CCn1cnc2c1CCNC2c1cccc(Br)c1. The molecule has 0 saturated carbocycles. The van der Waals surface area contributed by atoms with Crippen LogP contribution in [-0.4, -0.2) is 16.1 Å². The van der Waals surface area contributed by atoms with Crippen LogP contribution in [0.1, 0.15) is 29.9 Å². The molecule has 1 atom stereocenters. The second kappa shape index (κ2) is 4.86. The highest BCUT2D eigenvalue weighted by Gasteiger charge is 2.25. The van der Waals surface area contributed by atoms with Crippen LogP contribution in [0.3, 0.4) is 0 Å². The Morgan fingerprint density at radius 3 is 3.17 bits per heavy atom. The molecule has 0 fully saturated rings. The van der Waals surface area contributed by atoms with Crippen LogP contribution in [0.5, 0.6) is 0 Å². The van der Waals surface area contributed by atoms with Crippen LogP contribution in [0.4, 0.5) is 0 Å². The molecule has 1 aliphatic rings. The molecule has 0 radical (unpaired) electrons. The van der Waals surface area contributed by atoms with E-state index < -0.39 is 0 Å². The predicted molar refractivity (Wildman–Crippen MR) is 75.6 cm³/mol. The van der Waals surface area contributed by atoms with Gasteiger partial charge in [-0.3, -0.25) is 0 Å². The predicted octanol–water partition coefficient (Wildman–Crippen LogP) is 2.90. The first-order valence-corrected chi connectivity index (χ1v) is 7.11. The first-order valence-electron chi connectivity index (χ1n) is 6.32. The van der Waals surface area contributed by atoms with Crippen molar-refractivity contribution < 1.29 is 0 Å². The minimum absolute atomic E-state index is 0.221. The Kier molecular flexibility index (Phi) is 3.22. The summed E-state index contributed by atoms with van der Waals surface area (Å²) in [5, 5.41) is 3.56. The van der Waals surface area contributed by atoms with Crippen LogP contribution < -0.4 is 5.32 Å². The van der Waals surface area contributed by atoms with Crippen LogP contribution >= 0.6 is 15.9 Å². The summed E-state index contributed by atoms with van der Waals surface area (Å²) in [4.78, 5) is 4.60. The fourth-order valence-corrected chi connectivity index (χ4v) is 3.02. The number of benzene rings is 1. The van der Waals surface area contributed by atoms with Gasteiger partial charge < -0.3 is 9.88 Å². The lowest BCUT2D eigenvalue weighted by molar-refractivity contribution is 0.538. The molecule has 3 nitrogen and oxygen atoms in total. The molecule has 3 rings (SSSR count). The molecule has 0 aliphatic carbocycles. The van der Waals surface area contributed by atoms with Crippen molar-refractivity contribution in [3.63, 3.8) is 0 Å². The maximum atomic E-state index is 4.60. The number of aromatic nitrogens is 2. The third kappa shape index (κ3) is 1.99. The third-order valence-electron chi connectivity index (χ3n) is 3.48. The van der Waals surface area contributed by atoms with E-state index in [1.807, 2.05) is 6.33 Å². The molecular formula is C14H16BrN3. The molecule has 1 unspecified atom stereocenters. The Morgan fingerprint density at radius 2 is 2.39 bits per heavy atom. The molecule has 0 bridgehead atoms. The lowest BCUT2D eigenvalue weighted by atomic mass is 9.98. The van der Waals surface area contributed by atoms with E-state index in [-0.39, 0.29) is 6.04 Å². The highest BCUT2D eigenvalue weighted by atomic mass is 79.9. The van der Waals surface area contributed by atoms with Gasteiger partial charge in [0.05, 0.1) is 18.1 Å². The third-order valence-corrected chi connectivity index (χ3v) is 3.98. The normalized spacial score (nSPS) is 18.7. The van der Waals surface area contributed by atoms with Crippen LogP contribution in [0.25, 0.3) is 0 Å². The molecule has 4 heteroatoms. The zero-order chi connectivity index (χ0) is 12.5. The van der Waals surface area contributed by atoms with E-state index in [1.165, 1.54) is 17.0 Å². The Morgan fingerprint density at radius 1 is 1.50 bits per heavy atom. The number of halogens is 1. The van der Waals surface area contributed by atoms with Crippen molar-refractivity contribution in [1.29, 1.82) is 0 Å². The number of hydrogen-bond acceptors (Lipinski definition) is 2. The summed E-state index contributed by atoms with van der Waals surface area (Å²) in [5.41, 5.74) is 3.83. The molecule has 18 heavy (non-hydrogen) atoms. The number of nitrogens with zero attached hydrogens (tertiary/aromatic N) is 2. The number of aryl methyl sites for hydroxylation is 1. The van der Waals surface area contributed by atoms with Gasteiger partial charge in [-0.1, -0.05) is 28.1 Å². The molecule has 2 heterocycles. The van der Waals surface area contributed by atoms with E-state index in [4.69, 9.17) is 0 Å². The number of hydrogen-bond donors (Lipinski definition) is 1. The van der Waals surface area contributed by atoms with Gasteiger partial charge in [0.1, 0.15) is 0 Å². The van der Waals surface area contributed by atoms with E-state index in [1.54, 1.807) is 0 Å². The molecule has 1 aromatic carbocycles. The van der Waals surface area contributed by atoms with E-state index in [9.17, 15) is 0 Å². The summed E-state index contributed by atoms with van der Waals surface area (Å²) in [5.74, 6) is 0. The maximum absolute atomic E-state index is 4.60. The lowest BCUT2D eigenvalue weighted by Gasteiger charge is -2.24. The lowest BCUT2D eigenvalue weighted by Crippen LogP contribution is -2.31. The molecule has 94 valence electrons. The van der Waals surface area contributed by atoms with Crippen LogP contribution in [0.15, 0.2) is 35.1 Å². The zero-order valence-electron chi connectivity index (χ0n) is 10.4. The van der Waals surface area contributed by atoms with E-state index in [0.717, 1.165) is 24.0 Å². The molecule has 1 aliphatic heterocycles. The summed E-state index contributed by atoms with van der Waals surface area (Å²) in [6.45, 7) is 4.17. The molecule has 1 aromatic heterocycles. The van der Waals surface area contributed by atoms with Crippen molar-refractivity contribution in [3.8, 4) is 0 Å². The average molecular weight is 306 g/mol. The van der Waals surface area contributed by atoms with Gasteiger partial charge in [-0.2, -0.15) is 0 Å². The van der Waals surface area contributed by atoms with Gasteiger partial charge in [0, 0.05) is 29.7 Å². The van der Waals surface area contributed by atoms with Crippen molar-refractivity contribution in [2.24, 2.45) is 0 Å². The van der Waals surface area contributed by atoms with Gasteiger partial charge in [-0.25, -0.2) is 4.98 Å². The second-order valence-electron chi connectivity index (χ2n) is 4.55. The fraction of sp³-hybridized carbons (Fsp3) is 0.357. The quantitative estimate of drug-likeness (QED) is 0.924. The molecule has 1 N–H and O–H groups in total. The molecule has 0 spiro atoms. The molecule has 0 saturated heterocycles. The van der Waals surface area contributed by atoms with Crippen molar-refractivity contribution in [1.82, 2.24) is 14.9 Å². The van der Waals surface area contributed by atoms with Gasteiger partial charge in [-0.05, 0) is 24.6 Å². The number of imidazole rings is 1. The van der Waals surface area contributed by atoms with Gasteiger partial charge in [-0.15, -0.1) is 0 Å². The molecule has 2 aromatic rings. The monoisotopic (exact) mass is 305 g/mol. The number of nitrogens with one attached hydrogen (secondary N) is 1. The largest absolute Gasteiger partial charge is 0.334 e. The summed E-state index contributed by atoms with van der Waals surface area (Å²) in [6, 6.07) is 8.67. The fourth-order valence-electron chi connectivity index (χ4n) is 2.60. The summed E-state index contributed by atoms with van der Waals surface area (Å²) in [6.07, 6.45) is 3.02. The van der Waals surface area contributed by atoms with Gasteiger partial charge in [0.2, 0.25) is 0 Å². The summed E-state index contributed by atoms with van der Waals surface area (Å²) < 4.78 is 3.37. The van der Waals surface area contributed by atoms with Crippen molar-refractivity contribution in [2.75, 3.05) is 6.54 Å². The molecular weight excluding hydrogens is 290 g/mol. The van der Waals surface area contributed by atoms with E-state index in [0.29, 0.717) is 0 Å². The second-order valence-corrected chi connectivity index (χ2v) is 5.47. The standard InChI is InChI=1S/C14H16BrN3/c1-2-18-9-17-14-12(18)6-7-16-13(14)10-4-3-5-11(15)8-10/h3-5,8-9,13,16H,2,6-7H2,1H3. The maximum Gasteiger partial charge on any atom is 0.0952 e. The number of fused-ring (bicyclic) bond motifs is 1. The first-order chi connectivity index (χ1) is 8.79. The van der Waals surface area contributed by atoms with Crippen LogP contribution in [-0.2, 0) is 13.0 Å².